The van der Waals surface area contributed by atoms with E-state index in [1.54, 1.807) is 6.07 Å². The number of hydrogen-bond donors (Lipinski definition) is 2. The monoisotopic (exact) mass is 286 g/mol. The lowest BCUT2D eigenvalue weighted by Gasteiger charge is -2.29. The van der Waals surface area contributed by atoms with Gasteiger partial charge in [-0.3, -0.25) is 9.79 Å². The Hall–Kier alpha value is -0.830. The number of hydrogen-bond acceptors (Lipinski definition) is 2. The van der Waals surface area contributed by atoms with E-state index in [1.807, 2.05) is 19.9 Å². The van der Waals surface area contributed by atoms with Gasteiger partial charge in [-0.05, 0) is 42.9 Å². The van der Waals surface area contributed by atoms with Gasteiger partial charge in [0, 0.05) is 5.56 Å². The molecule has 4 nitrogen and oxygen atoms in total. The highest BCUT2D eigenvalue weighted by Crippen LogP contribution is 2.45. The first-order valence-corrected chi connectivity index (χ1v) is 7.96. The zero-order valence-electron chi connectivity index (χ0n) is 12.2. The van der Waals surface area contributed by atoms with Crippen LogP contribution in [0.5, 0.6) is 5.75 Å². The molecule has 0 aromatic heterocycles. The van der Waals surface area contributed by atoms with E-state index in [0.717, 1.165) is 29.5 Å². The molecule has 5 heteroatoms. The molecule has 1 rings (SSSR count). The van der Waals surface area contributed by atoms with Crippen LogP contribution in [0.4, 0.5) is 0 Å². The maximum absolute atomic E-state index is 11.1. The second-order valence-electron chi connectivity index (χ2n) is 5.67. The topological polar surface area (TPSA) is 66.8 Å². The van der Waals surface area contributed by atoms with Gasteiger partial charge in [-0.25, -0.2) is 4.57 Å². The van der Waals surface area contributed by atoms with Crippen molar-refractivity contribution >= 4 is 7.82 Å². The predicted molar refractivity (Wildman–Crippen MR) is 76.5 cm³/mol. The summed E-state index contributed by atoms with van der Waals surface area (Å²) in [5.41, 5.74) is 2.62. The highest BCUT2D eigenvalue weighted by molar-refractivity contribution is 7.46. The molecule has 2 N–H and O–H groups in total. The molecular weight excluding hydrogens is 263 g/mol. The van der Waals surface area contributed by atoms with Gasteiger partial charge in [0.05, 0.1) is 0 Å². The second-order valence-corrected chi connectivity index (χ2v) is 6.83. The molecule has 0 unspecified atom stereocenters. The Balaban J connectivity index is 3.40. The molecule has 0 spiro atoms. The summed E-state index contributed by atoms with van der Waals surface area (Å²) in [5, 5.41) is 0. The zero-order valence-corrected chi connectivity index (χ0v) is 13.1. The SMILES string of the molecule is CCCC(C)(C)c1c(C)cc(C)cc1OP(=O)(O)O. The average Bonchev–Trinajstić information content (AvgIpc) is 2.11. The van der Waals surface area contributed by atoms with Gasteiger partial charge in [-0.1, -0.05) is 33.3 Å². The fourth-order valence-corrected chi connectivity index (χ4v) is 3.15. The molecule has 19 heavy (non-hydrogen) atoms. The Kier molecular flexibility index (Phi) is 4.83. The van der Waals surface area contributed by atoms with Crippen molar-refractivity contribution in [3.63, 3.8) is 0 Å². The lowest BCUT2D eigenvalue weighted by molar-refractivity contribution is 0.279. The van der Waals surface area contributed by atoms with Crippen molar-refractivity contribution in [3.8, 4) is 5.75 Å². The van der Waals surface area contributed by atoms with Crippen molar-refractivity contribution in [3.05, 3.63) is 28.8 Å². The Morgan fingerprint density at radius 2 is 1.84 bits per heavy atom. The van der Waals surface area contributed by atoms with Crippen LogP contribution in [0.1, 0.15) is 50.3 Å². The van der Waals surface area contributed by atoms with Gasteiger partial charge in [0.25, 0.3) is 0 Å². The van der Waals surface area contributed by atoms with E-state index in [9.17, 15) is 4.57 Å². The quantitative estimate of drug-likeness (QED) is 0.807. The van der Waals surface area contributed by atoms with Crippen molar-refractivity contribution in [2.45, 2.75) is 52.9 Å². The maximum atomic E-state index is 11.1. The molecule has 0 bridgehead atoms. The molecule has 0 atom stereocenters. The van der Waals surface area contributed by atoms with Crippen LogP contribution >= 0.6 is 7.82 Å². The Morgan fingerprint density at radius 1 is 1.26 bits per heavy atom. The van der Waals surface area contributed by atoms with E-state index in [-0.39, 0.29) is 5.41 Å². The summed E-state index contributed by atoms with van der Waals surface area (Å²) in [6.45, 7) is 10.1. The van der Waals surface area contributed by atoms with Crippen LogP contribution in [-0.2, 0) is 9.98 Å². The van der Waals surface area contributed by atoms with Crippen molar-refractivity contribution < 1.29 is 18.9 Å². The third kappa shape index (κ3) is 4.34. The minimum atomic E-state index is -4.54. The molecule has 0 aliphatic rings. The molecule has 1 aromatic carbocycles. The standard InChI is InChI=1S/C14H23O4P/c1-6-7-14(4,5)13-11(3)8-10(2)9-12(13)18-19(15,16)17/h8-9H,6-7H2,1-5H3,(H2,15,16,17). The Labute approximate surface area is 115 Å². The van der Waals surface area contributed by atoms with Gasteiger partial charge in [-0.2, -0.15) is 0 Å². The minimum Gasteiger partial charge on any atom is -0.404 e. The van der Waals surface area contributed by atoms with E-state index >= 15 is 0 Å². The van der Waals surface area contributed by atoms with Crippen LogP contribution in [0, 0.1) is 13.8 Å². The highest BCUT2D eigenvalue weighted by atomic mass is 31.2. The van der Waals surface area contributed by atoms with Crippen molar-refractivity contribution in [2.24, 2.45) is 0 Å². The van der Waals surface area contributed by atoms with Gasteiger partial charge >= 0.3 is 7.82 Å². The van der Waals surface area contributed by atoms with Gasteiger partial charge in [0.2, 0.25) is 0 Å². The number of rotatable bonds is 5. The highest BCUT2D eigenvalue weighted by Gasteiger charge is 2.29. The fraction of sp³-hybridized carbons (Fsp3) is 0.571. The molecule has 0 saturated heterocycles. The summed E-state index contributed by atoms with van der Waals surface area (Å²) in [6, 6.07) is 3.71. The predicted octanol–water partition coefficient (Wildman–Crippen LogP) is 3.85. The molecule has 108 valence electrons. The molecular formula is C14H23O4P. The summed E-state index contributed by atoms with van der Waals surface area (Å²) in [6.07, 6.45) is 1.92. The van der Waals surface area contributed by atoms with Crippen molar-refractivity contribution in [1.29, 1.82) is 0 Å². The number of phosphoric acid groups is 1. The molecule has 0 fully saturated rings. The summed E-state index contributed by atoms with van der Waals surface area (Å²) in [4.78, 5) is 18.1. The lowest BCUT2D eigenvalue weighted by Crippen LogP contribution is -2.19. The smallest absolute Gasteiger partial charge is 0.404 e. The lowest BCUT2D eigenvalue weighted by atomic mass is 9.77. The molecule has 0 radical (unpaired) electrons. The molecule has 0 saturated carbocycles. The summed E-state index contributed by atoms with van der Waals surface area (Å²) < 4.78 is 16.0. The molecule has 1 aromatic rings. The molecule has 0 amide bonds. The minimum absolute atomic E-state index is 0.183. The van der Waals surface area contributed by atoms with E-state index in [0.29, 0.717) is 5.75 Å². The van der Waals surface area contributed by atoms with Crippen LogP contribution in [0.2, 0.25) is 0 Å². The van der Waals surface area contributed by atoms with Crippen LogP contribution in [0.15, 0.2) is 12.1 Å². The van der Waals surface area contributed by atoms with Crippen molar-refractivity contribution in [1.82, 2.24) is 0 Å². The molecule has 0 aliphatic carbocycles. The molecule has 0 heterocycles. The summed E-state index contributed by atoms with van der Waals surface area (Å²) in [7, 11) is -4.54. The Bertz CT molecular complexity index is 502. The first-order valence-electron chi connectivity index (χ1n) is 6.43. The zero-order chi connectivity index (χ0) is 14.8. The Morgan fingerprint density at radius 3 is 2.32 bits per heavy atom. The number of phosphoric ester groups is 1. The first-order chi connectivity index (χ1) is 8.57. The summed E-state index contributed by atoms with van der Waals surface area (Å²) >= 11 is 0. The summed E-state index contributed by atoms with van der Waals surface area (Å²) in [5.74, 6) is 0.296. The number of aryl methyl sites for hydroxylation is 2. The van der Waals surface area contributed by atoms with Gasteiger partial charge < -0.3 is 4.52 Å². The first kappa shape index (κ1) is 16.2. The van der Waals surface area contributed by atoms with Crippen LogP contribution in [0.3, 0.4) is 0 Å². The average molecular weight is 286 g/mol. The third-order valence-corrected chi connectivity index (χ3v) is 3.65. The van der Waals surface area contributed by atoms with Crippen molar-refractivity contribution in [2.75, 3.05) is 0 Å². The van der Waals surface area contributed by atoms with E-state index < -0.39 is 7.82 Å². The van der Waals surface area contributed by atoms with Gasteiger partial charge in [0.15, 0.2) is 0 Å². The van der Waals surface area contributed by atoms with E-state index in [1.165, 1.54) is 0 Å². The molecule has 0 aliphatic heterocycles. The van der Waals surface area contributed by atoms with Crippen LogP contribution < -0.4 is 4.52 Å². The van der Waals surface area contributed by atoms with Gasteiger partial charge in [-0.15, -0.1) is 0 Å². The van der Waals surface area contributed by atoms with E-state index in [2.05, 4.69) is 20.8 Å². The van der Waals surface area contributed by atoms with Crippen LogP contribution in [-0.4, -0.2) is 9.79 Å². The van der Waals surface area contributed by atoms with Gasteiger partial charge in [0.1, 0.15) is 5.75 Å². The second kappa shape index (κ2) is 5.66. The van der Waals surface area contributed by atoms with Crippen LogP contribution in [0.25, 0.3) is 0 Å². The largest absolute Gasteiger partial charge is 0.524 e. The third-order valence-electron chi connectivity index (χ3n) is 3.21. The normalized spacial score (nSPS) is 12.6. The fourth-order valence-electron chi connectivity index (χ4n) is 2.75. The van der Waals surface area contributed by atoms with E-state index in [4.69, 9.17) is 14.3 Å². The number of benzene rings is 1. The maximum Gasteiger partial charge on any atom is 0.524 e.